The Morgan fingerprint density at radius 2 is 2.13 bits per heavy atom. The lowest BCUT2D eigenvalue weighted by Crippen LogP contribution is -2.13. The number of nitrogens with one attached hydrogen (secondary N) is 3. The molecule has 5 rings (SSSR count). The van der Waals surface area contributed by atoms with Gasteiger partial charge in [-0.1, -0.05) is 0 Å². The maximum atomic E-state index is 15.4. The second kappa shape index (κ2) is 7.22. The van der Waals surface area contributed by atoms with Crippen LogP contribution in [0.1, 0.15) is 26.7 Å². The number of anilines is 2. The predicted molar refractivity (Wildman–Crippen MR) is 115 cm³/mol. The SMILES string of the molecule is COc1c(F)c(NC(C)C)c2[nH]ncc2c1-c1cn2cc(NC(=O)C3CC3)nc2cn1. The van der Waals surface area contributed by atoms with Gasteiger partial charge in [0.1, 0.15) is 5.69 Å². The van der Waals surface area contributed by atoms with Crippen LogP contribution in [0, 0.1) is 11.7 Å². The van der Waals surface area contributed by atoms with Gasteiger partial charge in [0.05, 0.1) is 42.5 Å². The van der Waals surface area contributed by atoms with E-state index in [1.807, 2.05) is 13.8 Å². The van der Waals surface area contributed by atoms with Crippen LogP contribution in [0.2, 0.25) is 0 Å². The van der Waals surface area contributed by atoms with E-state index < -0.39 is 5.82 Å². The van der Waals surface area contributed by atoms with Crippen LogP contribution in [-0.4, -0.2) is 43.6 Å². The molecule has 3 aromatic heterocycles. The average Bonchev–Trinajstić information content (AvgIpc) is 3.35. The van der Waals surface area contributed by atoms with Gasteiger partial charge in [-0.05, 0) is 26.7 Å². The van der Waals surface area contributed by atoms with Gasteiger partial charge < -0.3 is 19.8 Å². The number of aromatic amines is 1. The zero-order valence-electron chi connectivity index (χ0n) is 17.4. The molecule has 0 aliphatic heterocycles. The van der Waals surface area contributed by atoms with Crippen molar-refractivity contribution in [3.63, 3.8) is 0 Å². The monoisotopic (exact) mass is 423 g/mol. The molecule has 1 saturated carbocycles. The Bertz CT molecular complexity index is 1310. The number of nitrogens with zero attached hydrogens (tertiary/aromatic N) is 4. The van der Waals surface area contributed by atoms with Crippen molar-refractivity contribution in [2.75, 3.05) is 17.7 Å². The van der Waals surface area contributed by atoms with E-state index in [4.69, 9.17) is 4.74 Å². The fraction of sp³-hybridized carbons (Fsp3) is 0.333. The van der Waals surface area contributed by atoms with E-state index in [0.717, 1.165) is 12.8 Å². The van der Waals surface area contributed by atoms with Crippen molar-refractivity contribution in [2.24, 2.45) is 5.92 Å². The number of aromatic nitrogens is 5. The summed E-state index contributed by atoms with van der Waals surface area (Å²) in [5.74, 6) is 0.0739. The van der Waals surface area contributed by atoms with Crippen LogP contribution in [0.3, 0.4) is 0 Å². The van der Waals surface area contributed by atoms with Gasteiger partial charge in [0.15, 0.2) is 23.0 Å². The van der Waals surface area contributed by atoms with E-state index in [0.29, 0.717) is 39.3 Å². The summed E-state index contributed by atoms with van der Waals surface area (Å²) in [4.78, 5) is 20.9. The van der Waals surface area contributed by atoms with Gasteiger partial charge in [-0.3, -0.25) is 14.9 Å². The number of methoxy groups -OCH3 is 1. The molecule has 1 amide bonds. The summed E-state index contributed by atoms with van der Waals surface area (Å²) in [7, 11) is 1.42. The first-order valence-corrected chi connectivity index (χ1v) is 10.1. The topological polar surface area (TPSA) is 109 Å². The summed E-state index contributed by atoms with van der Waals surface area (Å²) in [6, 6.07) is 0.0150. The largest absolute Gasteiger partial charge is 0.493 e. The molecule has 0 unspecified atom stereocenters. The summed E-state index contributed by atoms with van der Waals surface area (Å²) in [5.41, 5.74) is 2.38. The lowest BCUT2D eigenvalue weighted by atomic mass is 10.0. The molecule has 0 saturated heterocycles. The van der Waals surface area contributed by atoms with E-state index in [1.54, 1.807) is 29.2 Å². The molecule has 3 N–H and O–H groups in total. The summed E-state index contributed by atoms with van der Waals surface area (Å²) >= 11 is 0. The second-order valence-corrected chi connectivity index (χ2v) is 7.98. The smallest absolute Gasteiger partial charge is 0.228 e. The average molecular weight is 423 g/mol. The minimum atomic E-state index is -0.520. The molecule has 1 aliphatic rings. The number of imidazole rings is 1. The highest BCUT2D eigenvalue weighted by Crippen LogP contribution is 2.42. The van der Waals surface area contributed by atoms with Crippen molar-refractivity contribution in [1.29, 1.82) is 0 Å². The molecule has 0 bridgehead atoms. The van der Waals surface area contributed by atoms with E-state index in [-0.39, 0.29) is 23.6 Å². The first-order valence-electron chi connectivity index (χ1n) is 10.1. The number of hydrogen-bond donors (Lipinski definition) is 3. The van der Waals surface area contributed by atoms with Crippen molar-refractivity contribution < 1.29 is 13.9 Å². The molecule has 0 spiro atoms. The lowest BCUT2D eigenvalue weighted by molar-refractivity contribution is -0.117. The van der Waals surface area contributed by atoms with Gasteiger partial charge in [-0.25, -0.2) is 9.37 Å². The quantitative estimate of drug-likeness (QED) is 0.437. The number of rotatable bonds is 6. The third-order valence-electron chi connectivity index (χ3n) is 5.24. The highest BCUT2D eigenvalue weighted by molar-refractivity contribution is 6.03. The highest BCUT2D eigenvalue weighted by Gasteiger charge is 2.30. The number of carbonyl (C=O) groups excluding carboxylic acids is 1. The van der Waals surface area contributed by atoms with E-state index in [9.17, 15) is 4.79 Å². The Hall–Kier alpha value is -3.69. The van der Waals surface area contributed by atoms with Gasteiger partial charge in [-0.2, -0.15) is 5.10 Å². The molecular formula is C21H22FN7O2. The summed E-state index contributed by atoms with van der Waals surface area (Å²) < 4.78 is 22.6. The zero-order chi connectivity index (χ0) is 21.7. The number of halogens is 1. The van der Waals surface area contributed by atoms with Crippen LogP contribution in [0.25, 0.3) is 27.8 Å². The molecule has 0 radical (unpaired) electrons. The number of amides is 1. The Labute approximate surface area is 177 Å². The van der Waals surface area contributed by atoms with Gasteiger partial charge >= 0.3 is 0 Å². The van der Waals surface area contributed by atoms with Crippen LogP contribution in [-0.2, 0) is 4.79 Å². The maximum Gasteiger partial charge on any atom is 0.228 e. The fourth-order valence-electron chi connectivity index (χ4n) is 3.65. The molecule has 1 aliphatic carbocycles. The predicted octanol–water partition coefficient (Wildman–Crippen LogP) is 3.59. The summed E-state index contributed by atoms with van der Waals surface area (Å²) in [6.45, 7) is 3.85. The van der Waals surface area contributed by atoms with Crippen LogP contribution in [0.15, 0.2) is 24.8 Å². The van der Waals surface area contributed by atoms with Gasteiger partial charge in [0.2, 0.25) is 5.91 Å². The first-order chi connectivity index (χ1) is 15.0. The number of H-pyrrole nitrogens is 1. The van der Waals surface area contributed by atoms with Crippen molar-refractivity contribution >= 4 is 34.0 Å². The van der Waals surface area contributed by atoms with Crippen LogP contribution in [0.5, 0.6) is 5.75 Å². The molecule has 1 fully saturated rings. The fourth-order valence-corrected chi connectivity index (χ4v) is 3.65. The minimum Gasteiger partial charge on any atom is -0.493 e. The van der Waals surface area contributed by atoms with Gasteiger partial charge in [0, 0.05) is 23.5 Å². The molecule has 4 aromatic rings. The molecule has 1 aromatic carbocycles. The first kappa shape index (κ1) is 19.3. The zero-order valence-corrected chi connectivity index (χ0v) is 17.4. The van der Waals surface area contributed by atoms with E-state index >= 15 is 4.39 Å². The highest BCUT2D eigenvalue weighted by atomic mass is 19.1. The number of fused-ring (bicyclic) bond motifs is 2. The number of benzene rings is 1. The Kier molecular flexibility index (Phi) is 4.49. The van der Waals surface area contributed by atoms with Crippen LogP contribution in [0.4, 0.5) is 15.9 Å². The molecular weight excluding hydrogens is 401 g/mol. The van der Waals surface area contributed by atoms with Crippen molar-refractivity contribution in [2.45, 2.75) is 32.7 Å². The summed E-state index contributed by atoms with van der Waals surface area (Å²) in [6.07, 6.45) is 8.47. The molecule has 0 atom stereocenters. The van der Waals surface area contributed by atoms with Crippen LogP contribution >= 0.6 is 0 Å². The molecule has 3 heterocycles. The van der Waals surface area contributed by atoms with E-state index in [1.165, 1.54) is 7.11 Å². The van der Waals surface area contributed by atoms with Crippen molar-refractivity contribution in [3.05, 3.63) is 30.6 Å². The van der Waals surface area contributed by atoms with Crippen molar-refractivity contribution in [3.8, 4) is 17.0 Å². The minimum absolute atomic E-state index is 0.0150. The molecule has 9 nitrogen and oxygen atoms in total. The number of hydrogen-bond acceptors (Lipinski definition) is 6. The Morgan fingerprint density at radius 3 is 2.84 bits per heavy atom. The van der Waals surface area contributed by atoms with Gasteiger partial charge in [-0.15, -0.1) is 0 Å². The van der Waals surface area contributed by atoms with Crippen LogP contribution < -0.4 is 15.4 Å². The van der Waals surface area contributed by atoms with E-state index in [2.05, 4.69) is 30.8 Å². The molecule has 160 valence electrons. The number of carbonyl (C=O) groups is 1. The van der Waals surface area contributed by atoms with Crippen molar-refractivity contribution in [1.82, 2.24) is 24.6 Å². The Morgan fingerprint density at radius 1 is 1.32 bits per heavy atom. The standard InChI is InChI=1S/C21H22FN7O2/c1-10(2)25-19-17(22)20(31-3)16(12-6-24-28-18(12)19)13-8-29-9-14(26-15(29)7-23-13)27-21(30)11-4-5-11/h6-11,25H,4-5H2,1-3H3,(H,24,28)(H,27,30). The molecule has 31 heavy (non-hydrogen) atoms. The third-order valence-corrected chi connectivity index (χ3v) is 5.24. The molecule has 10 heteroatoms. The number of ether oxygens (including phenoxy) is 1. The second-order valence-electron chi connectivity index (χ2n) is 7.98. The van der Waals surface area contributed by atoms with Gasteiger partial charge in [0.25, 0.3) is 0 Å². The Balaban J connectivity index is 1.62. The normalized spacial score (nSPS) is 13.8. The maximum absolute atomic E-state index is 15.4. The third kappa shape index (κ3) is 3.33. The summed E-state index contributed by atoms with van der Waals surface area (Å²) in [5, 5.41) is 13.6. The lowest BCUT2D eigenvalue weighted by Gasteiger charge is -2.17.